The van der Waals surface area contributed by atoms with Gasteiger partial charge in [0, 0.05) is 36.7 Å². The predicted octanol–water partition coefficient (Wildman–Crippen LogP) is 2.61. The fourth-order valence-electron chi connectivity index (χ4n) is 3.10. The molecule has 3 nitrogen and oxygen atoms in total. The number of nitrogens with zero attached hydrogens (tertiary/aromatic N) is 2. The van der Waals surface area contributed by atoms with E-state index in [1.54, 1.807) is 0 Å². The molecule has 0 spiro atoms. The molecule has 0 radical (unpaired) electrons. The van der Waals surface area contributed by atoms with Crippen LogP contribution in [0.25, 0.3) is 0 Å². The Morgan fingerprint density at radius 2 is 1.95 bits per heavy atom. The third-order valence-electron chi connectivity index (χ3n) is 4.37. The van der Waals surface area contributed by atoms with Gasteiger partial charge < -0.3 is 15.5 Å². The van der Waals surface area contributed by atoms with Crippen LogP contribution in [0.3, 0.4) is 0 Å². The third-order valence-corrected chi connectivity index (χ3v) is 4.62. The van der Waals surface area contributed by atoms with Crippen LogP contribution in [0.4, 0.5) is 0 Å². The van der Waals surface area contributed by atoms with Crippen LogP contribution in [0.1, 0.15) is 24.9 Å². The molecule has 1 fully saturated rings. The van der Waals surface area contributed by atoms with Gasteiger partial charge in [0.2, 0.25) is 0 Å². The molecule has 3 unspecified atom stereocenters. The number of rotatable bonds is 5. The van der Waals surface area contributed by atoms with Crippen molar-refractivity contribution in [3.63, 3.8) is 0 Å². The van der Waals surface area contributed by atoms with E-state index in [-0.39, 0.29) is 6.04 Å². The maximum atomic E-state index is 6.27. The first-order chi connectivity index (χ1) is 9.47. The quantitative estimate of drug-likeness (QED) is 0.906. The van der Waals surface area contributed by atoms with Gasteiger partial charge in [-0.2, -0.15) is 0 Å². The van der Waals surface area contributed by atoms with Crippen LogP contribution >= 0.6 is 11.6 Å². The van der Waals surface area contributed by atoms with Crippen LogP contribution in [0.5, 0.6) is 0 Å². The average molecular weight is 296 g/mol. The van der Waals surface area contributed by atoms with Crippen molar-refractivity contribution in [3.05, 3.63) is 34.9 Å². The first-order valence-electron chi connectivity index (χ1n) is 7.37. The Kier molecular flexibility index (Phi) is 5.44. The minimum absolute atomic E-state index is 0.0981. The first kappa shape index (κ1) is 15.8. The highest BCUT2D eigenvalue weighted by Crippen LogP contribution is 2.22. The van der Waals surface area contributed by atoms with Gasteiger partial charge in [-0.1, -0.05) is 30.7 Å². The highest BCUT2D eigenvalue weighted by Gasteiger charge is 2.30. The van der Waals surface area contributed by atoms with Gasteiger partial charge in [-0.05, 0) is 44.1 Å². The summed E-state index contributed by atoms with van der Waals surface area (Å²) in [6.45, 7) is 5.74. The summed E-state index contributed by atoms with van der Waals surface area (Å²) < 4.78 is 0. The molecule has 3 atom stereocenters. The number of benzene rings is 1. The van der Waals surface area contributed by atoms with Gasteiger partial charge in [-0.25, -0.2) is 0 Å². The standard InChI is InChI=1S/C16H26ClN3/c1-12-10-20(11-16(12)19(2)3)9-8-15(18)13-4-6-14(17)7-5-13/h4-7,12,15-16H,8-11,18H2,1-3H3. The summed E-state index contributed by atoms with van der Waals surface area (Å²) in [6.07, 6.45) is 0.995. The van der Waals surface area contributed by atoms with Crippen LogP contribution < -0.4 is 5.73 Å². The summed E-state index contributed by atoms with van der Waals surface area (Å²) in [4.78, 5) is 4.87. The Morgan fingerprint density at radius 1 is 1.30 bits per heavy atom. The summed E-state index contributed by atoms with van der Waals surface area (Å²) in [7, 11) is 4.34. The lowest BCUT2D eigenvalue weighted by Crippen LogP contribution is -2.34. The molecule has 0 saturated carbocycles. The fourth-order valence-corrected chi connectivity index (χ4v) is 3.23. The Hall–Kier alpha value is -0.610. The molecule has 4 heteroatoms. The van der Waals surface area contributed by atoms with Gasteiger partial charge in [-0.15, -0.1) is 0 Å². The number of hydrogen-bond donors (Lipinski definition) is 1. The summed E-state index contributed by atoms with van der Waals surface area (Å²) >= 11 is 5.91. The number of likely N-dealkylation sites (N-methyl/N-ethyl adjacent to an activating group) is 1. The Labute approximate surface area is 127 Å². The Balaban J connectivity index is 1.82. The van der Waals surface area contributed by atoms with Crippen molar-refractivity contribution >= 4 is 11.6 Å². The molecule has 0 bridgehead atoms. The van der Waals surface area contributed by atoms with E-state index in [0.29, 0.717) is 6.04 Å². The van der Waals surface area contributed by atoms with E-state index in [1.165, 1.54) is 12.1 Å². The molecule has 0 aromatic heterocycles. The SMILES string of the molecule is CC1CN(CCC(N)c2ccc(Cl)cc2)CC1N(C)C. The monoisotopic (exact) mass is 295 g/mol. The largest absolute Gasteiger partial charge is 0.324 e. The lowest BCUT2D eigenvalue weighted by molar-refractivity contribution is 0.250. The van der Waals surface area contributed by atoms with E-state index in [4.69, 9.17) is 17.3 Å². The van der Waals surface area contributed by atoms with E-state index in [2.05, 4.69) is 30.8 Å². The van der Waals surface area contributed by atoms with Gasteiger partial charge in [0.25, 0.3) is 0 Å². The normalized spacial score (nSPS) is 25.3. The zero-order valence-corrected chi connectivity index (χ0v) is 13.5. The van der Waals surface area contributed by atoms with E-state index < -0.39 is 0 Å². The highest BCUT2D eigenvalue weighted by molar-refractivity contribution is 6.30. The van der Waals surface area contributed by atoms with Crippen LogP contribution in [0, 0.1) is 5.92 Å². The highest BCUT2D eigenvalue weighted by atomic mass is 35.5. The van der Waals surface area contributed by atoms with Crippen LogP contribution in [-0.4, -0.2) is 49.6 Å². The lowest BCUT2D eigenvalue weighted by atomic mass is 10.0. The third kappa shape index (κ3) is 3.95. The Bertz CT molecular complexity index is 418. The maximum absolute atomic E-state index is 6.27. The van der Waals surface area contributed by atoms with E-state index in [0.717, 1.165) is 30.5 Å². The summed E-state index contributed by atoms with van der Waals surface area (Å²) in [5.74, 6) is 0.733. The second kappa shape index (κ2) is 6.90. The molecule has 0 amide bonds. The number of halogens is 1. The molecule has 20 heavy (non-hydrogen) atoms. The van der Waals surface area contributed by atoms with Gasteiger partial charge >= 0.3 is 0 Å². The second-order valence-corrected chi connectivity index (χ2v) is 6.65. The Morgan fingerprint density at radius 3 is 2.50 bits per heavy atom. The molecule has 1 aliphatic rings. The smallest absolute Gasteiger partial charge is 0.0406 e. The van der Waals surface area contributed by atoms with Crippen molar-refractivity contribution in [2.75, 3.05) is 33.7 Å². The molecule has 2 N–H and O–H groups in total. The second-order valence-electron chi connectivity index (χ2n) is 6.21. The van der Waals surface area contributed by atoms with E-state index in [9.17, 15) is 0 Å². The zero-order valence-electron chi connectivity index (χ0n) is 12.7. The van der Waals surface area contributed by atoms with Crippen LogP contribution in [-0.2, 0) is 0 Å². The molecular formula is C16H26ClN3. The molecule has 1 aromatic rings. The van der Waals surface area contributed by atoms with Crippen LogP contribution in [0.15, 0.2) is 24.3 Å². The van der Waals surface area contributed by atoms with Gasteiger partial charge in [0.1, 0.15) is 0 Å². The molecular weight excluding hydrogens is 270 g/mol. The molecule has 1 aromatic carbocycles. The average Bonchev–Trinajstić information content (AvgIpc) is 2.78. The minimum atomic E-state index is 0.0981. The molecule has 0 aliphatic carbocycles. The molecule has 1 saturated heterocycles. The number of nitrogens with two attached hydrogens (primary N) is 1. The molecule has 1 aliphatic heterocycles. The minimum Gasteiger partial charge on any atom is -0.324 e. The maximum Gasteiger partial charge on any atom is 0.0406 e. The van der Waals surface area contributed by atoms with Crippen molar-refractivity contribution in [3.8, 4) is 0 Å². The van der Waals surface area contributed by atoms with Crippen molar-refractivity contribution in [1.29, 1.82) is 0 Å². The topological polar surface area (TPSA) is 32.5 Å². The zero-order chi connectivity index (χ0) is 14.7. The van der Waals surface area contributed by atoms with Gasteiger partial charge in [-0.3, -0.25) is 0 Å². The van der Waals surface area contributed by atoms with Gasteiger partial charge in [0.15, 0.2) is 0 Å². The van der Waals surface area contributed by atoms with Crippen molar-refractivity contribution in [2.45, 2.75) is 25.4 Å². The molecule has 1 heterocycles. The summed E-state index contributed by atoms with van der Waals surface area (Å²) in [6, 6.07) is 8.65. The van der Waals surface area contributed by atoms with Gasteiger partial charge in [0.05, 0.1) is 0 Å². The predicted molar refractivity (Wildman–Crippen MR) is 86.1 cm³/mol. The number of hydrogen-bond acceptors (Lipinski definition) is 3. The summed E-state index contributed by atoms with van der Waals surface area (Å²) in [5.41, 5.74) is 7.44. The van der Waals surface area contributed by atoms with E-state index >= 15 is 0 Å². The van der Waals surface area contributed by atoms with Crippen molar-refractivity contribution < 1.29 is 0 Å². The molecule has 2 rings (SSSR count). The number of likely N-dealkylation sites (tertiary alicyclic amines) is 1. The van der Waals surface area contributed by atoms with E-state index in [1.807, 2.05) is 24.3 Å². The van der Waals surface area contributed by atoms with Crippen molar-refractivity contribution in [2.24, 2.45) is 11.7 Å². The first-order valence-corrected chi connectivity index (χ1v) is 7.75. The lowest BCUT2D eigenvalue weighted by Gasteiger charge is -2.23. The van der Waals surface area contributed by atoms with Crippen molar-refractivity contribution in [1.82, 2.24) is 9.80 Å². The van der Waals surface area contributed by atoms with Crippen LogP contribution in [0.2, 0.25) is 5.02 Å². The molecule has 112 valence electrons. The fraction of sp³-hybridized carbons (Fsp3) is 0.625. The summed E-state index contributed by atoms with van der Waals surface area (Å²) in [5, 5.41) is 0.767.